The Labute approximate surface area is 165 Å². The molecule has 3 heterocycles. The lowest BCUT2D eigenvalue weighted by molar-refractivity contribution is 0.0595. The van der Waals surface area contributed by atoms with Gasteiger partial charge in [0.25, 0.3) is 5.56 Å². The second-order valence-corrected chi connectivity index (χ2v) is 5.98. The van der Waals surface area contributed by atoms with Crippen molar-refractivity contribution in [1.82, 2.24) is 19.9 Å². The number of nitrogens with one attached hydrogen (secondary N) is 1. The average Bonchev–Trinajstić information content (AvgIpc) is 2.58. The minimum absolute atomic E-state index is 0. The number of nitrogens with zero attached hydrogens (tertiary/aromatic N) is 3. The van der Waals surface area contributed by atoms with Crippen LogP contribution in [0, 0.1) is 0 Å². The van der Waals surface area contributed by atoms with Crippen molar-refractivity contribution in [1.29, 1.82) is 0 Å². The Morgan fingerprint density at radius 1 is 1.12 bits per heavy atom. The number of nitrogens with two attached hydrogens (primary N) is 1. The molecule has 3 rings (SSSR count). The highest BCUT2D eigenvalue weighted by atomic mass is 79.9. The van der Waals surface area contributed by atoms with Crippen molar-refractivity contribution in [2.24, 2.45) is 0 Å². The highest BCUT2D eigenvalue weighted by Gasteiger charge is 2.12. The molecule has 3 N–H and O–H groups in total. The summed E-state index contributed by atoms with van der Waals surface area (Å²) in [6, 6.07) is 3.40. The van der Waals surface area contributed by atoms with Crippen LogP contribution in [0.1, 0.15) is 10.5 Å². The molecule has 8 nitrogen and oxygen atoms in total. The van der Waals surface area contributed by atoms with Crippen molar-refractivity contribution in [3.05, 3.63) is 55.8 Å². The number of hydrogen-bond donors (Lipinski definition) is 2. The molecule has 0 aliphatic carbocycles. The Kier molecular flexibility index (Phi) is 8.00. The van der Waals surface area contributed by atoms with Crippen molar-refractivity contribution in [3.8, 4) is 0 Å². The van der Waals surface area contributed by atoms with Gasteiger partial charge in [0.15, 0.2) is 11.2 Å². The summed E-state index contributed by atoms with van der Waals surface area (Å²) in [5.41, 5.74) is 6.69. The SMILES string of the molecule is COC(=O)c1nccc(Br)c1N.O=c1[nH]cnc2c(Br)ccnc12.S. The zero-order valence-electron chi connectivity index (χ0n) is 12.8. The molecule has 0 radical (unpaired) electrons. The highest BCUT2D eigenvalue weighted by Crippen LogP contribution is 2.21. The van der Waals surface area contributed by atoms with E-state index in [0.29, 0.717) is 21.2 Å². The van der Waals surface area contributed by atoms with Crippen molar-refractivity contribution in [2.45, 2.75) is 0 Å². The van der Waals surface area contributed by atoms with E-state index in [0.717, 1.165) is 4.47 Å². The Morgan fingerprint density at radius 2 is 1.76 bits per heavy atom. The van der Waals surface area contributed by atoms with Crippen LogP contribution < -0.4 is 11.3 Å². The molecule has 25 heavy (non-hydrogen) atoms. The predicted molar refractivity (Wildman–Crippen MR) is 106 cm³/mol. The van der Waals surface area contributed by atoms with E-state index in [9.17, 15) is 9.59 Å². The van der Waals surface area contributed by atoms with E-state index in [2.05, 4.69) is 56.5 Å². The number of rotatable bonds is 1. The largest absolute Gasteiger partial charge is 0.464 e. The van der Waals surface area contributed by atoms with E-state index in [1.54, 1.807) is 18.3 Å². The van der Waals surface area contributed by atoms with Crippen LogP contribution in [0.5, 0.6) is 0 Å². The minimum Gasteiger partial charge on any atom is -0.464 e. The van der Waals surface area contributed by atoms with E-state index in [-0.39, 0.29) is 24.7 Å². The number of halogens is 2. The van der Waals surface area contributed by atoms with Gasteiger partial charge in [0.05, 0.1) is 19.1 Å². The minimum atomic E-state index is -0.534. The average molecular weight is 491 g/mol. The van der Waals surface area contributed by atoms with Crippen LogP contribution in [0.2, 0.25) is 0 Å². The van der Waals surface area contributed by atoms with E-state index < -0.39 is 5.97 Å². The summed E-state index contributed by atoms with van der Waals surface area (Å²) in [7, 11) is 1.28. The lowest BCUT2D eigenvalue weighted by Gasteiger charge is -2.02. The van der Waals surface area contributed by atoms with Crippen molar-refractivity contribution < 1.29 is 9.53 Å². The molecule has 0 saturated heterocycles. The number of aromatic amines is 1. The molecule has 132 valence electrons. The van der Waals surface area contributed by atoms with Gasteiger partial charge in [0, 0.05) is 21.3 Å². The fourth-order valence-corrected chi connectivity index (χ4v) is 2.37. The molecular weight excluding hydrogens is 478 g/mol. The standard InChI is InChI=1S/C7H4BrN3O.C7H7BrN2O2.H2S/c8-4-1-2-9-6-5(4)10-3-11-7(6)12;1-12-7(11)6-5(9)4(8)2-3-10-6;/h1-3H,(H,10,11,12);2-3H,9H2,1H3;1H2. The summed E-state index contributed by atoms with van der Waals surface area (Å²) in [5, 5.41) is 0. The Bertz CT molecular complexity index is 951. The number of pyridine rings is 2. The Hall–Kier alpha value is -1.98. The van der Waals surface area contributed by atoms with E-state index in [1.807, 2.05) is 0 Å². The van der Waals surface area contributed by atoms with Gasteiger partial charge >= 0.3 is 5.97 Å². The van der Waals surface area contributed by atoms with E-state index in [4.69, 9.17) is 5.73 Å². The van der Waals surface area contributed by atoms with Crippen LogP contribution in [0.15, 0.2) is 44.6 Å². The first-order valence-electron chi connectivity index (χ1n) is 6.42. The summed E-state index contributed by atoms with van der Waals surface area (Å²) in [6.07, 6.45) is 4.40. The number of nitrogen functional groups attached to an aromatic ring is 1. The smallest absolute Gasteiger partial charge is 0.358 e. The third-order valence-corrected chi connectivity index (χ3v) is 4.13. The third-order valence-electron chi connectivity index (χ3n) is 2.80. The summed E-state index contributed by atoms with van der Waals surface area (Å²) >= 11 is 6.45. The molecular formula is C14H13Br2N5O3S. The number of carbonyl (C=O) groups excluding carboxylic acids is 1. The normalized spacial score (nSPS) is 9.56. The third kappa shape index (κ3) is 5.00. The summed E-state index contributed by atoms with van der Waals surface area (Å²) < 4.78 is 5.88. The predicted octanol–water partition coefficient (Wildman–Crippen LogP) is 2.41. The molecule has 0 bridgehead atoms. The molecule has 11 heteroatoms. The van der Waals surface area contributed by atoms with Crippen LogP contribution in [0.25, 0.3) is 11.0 Å². The van der Waals surface area contributed by atoms with Crippen LogP contribution in [-0.4, -0.2) is 33.0 Å². The number of anilines is 1. The summed E-state index contributed by atoms with van der Waals surface area (Å²) in [6.45, 7) is 0. The second kappa shape index (κ2) is 9.49. The van der Waals surface area contributed by atoms with Gasteiger partial charge in [0.2, 0.25) is 0 Å². The van der Waals surface area contributed by atoms with Gasteiger partial charge in [-0.3, -0.25) is 4.79 Å². The van der Waals surface area contributed by atoms with Gasteiger partial charge in [-0.15, -0.1) is 0 Å². The summed E-state index contributed by atoms with van der Waals surface area (Å²) in [4.78, 5) is 36.3. The van der Waals surface area contributed by atoms with Crippen LogP contribution in [0.3, 0.4) is 0 Å². The monoisotopic (exact) mass is 489 g/mol. The molecule has 0 spiro atoms. The number of carbonyl (C=O) groups is 1. The number of methoxy groups -OCH3 is 1. The quantitative estimate of drug-likeness (QED) is 0.502. The number of ether oxygens (including phenoxy) is 1. The second-order valence-electron chi connectivity index (χ2n) is 4.27. The van der Waals surface area contributed by atoms with Crippen LogP contribution in [0.4, 0.5) is 5.69 Å². The van der Waals surface area contributed by atoms with Gasteiger partial charge in [-0.1, -0.05) is 0 Å². The van der Waals surface area contributed by atoms with Gasteiger partial charge in [-0.25, -0.2) is 19.7 Å². The van der Waals surface area contributed by atoms with Gasteiger partial charge in [0.1, 0.15) is 5.52 Å². The zero-order chi connectivity index (χ0) is 17.7. The lowest BCUT2D eigenvalue weighted by atomic mass is 10.3. The number of hydrogen-bond acceptors (Lipinski definition) is 7. The number of esters is 1. The number of aromatic nitrogens is 4. The topological polar surface area (TPSA) is 124 Å². The lowest BCUT2D eigenvalue weighted by Crippen LogP contribution is -2.08. The van der Waals surface area contributed by atoms with Gasteiger partial charge < -0.3 is 15.5 Å². The molecule has 3 aromatic rings. The Morgan fingerprint density at radius 3 is 2.40 bits per heavy atom. The maximum absolute atomic E-state index is 11.2. The fourth-order valence-electron chi connectivity index (χ4n) is 1.65. The Balaban J connectivity index is 0.000000240. The fraction of sp³-hybridized carbons (Fsp3) is 0.0714. The highest BCUT2D eigenvalue weighted by molar-refractivity contribution is 9.11. The van der Waals surface area contributed by atoms with E-state index >= 15 is 0 Å². The van der Waals surface area contributed by atoms with Crippen molar-refractivity contribution >= 4 is 68.0 Å². The molecule has 0 saturated carbocycles. The van der Waals surface area contributed by atoms with E-state index in [1.165, 1.54) is 19.6 Å². The molecule has 0 aliphatic heterocycles. The van der Waals surface area contributed by atoms with Gasteiger partial charge in [-0.05, 0) is 44.0 Å². The molecule has 0 aromatic carbocycles. The first-order valence-corrected chi connectivity index (χ1v) is 8.00. The molecule has 0 fully saturated rings. The van der Waals surface area contributed by atoms with Crippen molar-refractivity contribution in [2.75, 3.05) is 12.8 Å². The number of H-pyrrole nitrogens is 1. The van der Waals surface area contributed by atoms with Crippen LogP contribution >= 0.6 is 45.4 Å². The summed E-state index contributed by atoms with van der Waals surface area (Å²) in [5.74, 6) is -0.534. The number of fused-ring (bicyclic) bond motifs is 1. The molecule has 0 aliphatic rings. The zero-order valence-corrected chi connectivity index (χ0v) is 17.0. The first kappa shape index (κ1) is 21.1. The maximum atomic E-state index is 11.2. The van der Waals surface area contributed by atoms with Crippen molar-refractivity contribution in [3.63, 3.8) is 0 Å². The molecule has 0 unspecified atom stereocenters. The van der Waals surface area contributed by atoms with Gasteiger partial charge in [-0.2, -0.15) is 13.5 Å². The molecule has 3 aromatic heterocycles. The first-order chi connectivity index (χ1) is 11.5. The van der Waals surface area contributed by atoms with Crippen LogP contribution in [-0.2, 0) is 4.74 Å². The maximum Gasteiger partial charge on any atom is 0.358 e. The molecule has 0 atom stereocenters. The molecule has 0 amide bonds.